The summed E-state index contributed by atoms with van der Waals surface area (Å²) >= 11 is 3.30. The van der Waals surface area contributed by atoms with E-state index in [1.165, 1.54) is 19.2 Å². The highest BCUT2D eigenvalue weighted by atomic mass is 79.9. The van der Waals surface area contributed by atoms with E-state index >= 15 is 0 Å². The van der Waals surface area contributed by atoms with Gasteiger partial charge >= 0.3 is 0 Å². The summed E-state index contributed by atoms with van der Waals surface area (Å²) in [5.41, 5.74) is 1.28. The molecule has 1 amide bonds. The third-order valence-electron chi connectivity index (χ3n) is 2.78. The molecule has 0 saturated heterocycles. The molecule has 0 heterocycles. The molecule has 0 radical (unpaired) electrons. The molecule has 0 aliphatic heterocycles. The number of ether oxygens (including phenoxy) is 1. The summed E-state index contributed by atoms with van der Waals surface area (Å²) in [4.78, 5) is 12.2. The van der Waals surface area contributed by atoms with Crippen LogP contribution in [0.5, 0.6) is 5.75 Å². The van der Waals surface area contributed by atoms with Gasteiger partial charge in [0.15, 0.2) is 0 Å². The van der Waals surface area contributed by atoms with Crippen molar-refractivity contribution in [2.45, 2.75) is 6.92 Å². The van der Waals surface area contributed by atoms with Crippen LogP contribution < -0.4 is 10.1 Å². The fraction of sp³-hybridized carbons (Fsp3) is 0.133. The molecule has 20 heavy (non-hydrogen) atoms. The Bertz CT molecular complexity index is 658. The summed E-state index contributed by atoms with van der Waals surface area (Å²) in [6.07, 6.45) is 0. The van der Waals surface area contributed by atoms with Gasteiger partial charge in [-0.05, 0) is 42.8 Å². The van der Waals surface area contributed by atoms with Crippen LogP contribution in [0.2, 0.25) is 0 Å². The van der Waals surface area contributed by atoms with Crippen LogP contribution in [0.15, 0.2) is 40.9 Å². The Hall–Kier alpha value is -1.88. The lowest BCUT2D eigenvalue weighted by atomic mass is 10.1. The van der Waals surface area contributed by atoms with Crippen LogP contribution in [-0.4, -0.2) is 13.0 Å². The third-order valence-corrected chi connectivity index (χ3v) is 3.27. The fourth-order valence-electron chi connectivity index (χ4n) is 1.76. The van der Waals surface area contributed by atoms with Crippen LogP contribution in [-0.2, 0) is 0 Å². The van der Waals surface area contributed by atoms with Gasteiger partial charge < -0.3 is 10.1 Å². The highest BCUT2D eigenvalue weighted by Gasteiger charge is 2.14. The second-order valence-electron chi connectivity index (χ2n) is 4.28. The number of anilines is 1. The first-order valence-electron chi connectivity index (χ1n) is 5.92. The lowest BCUT2D eigenvalue weighted by molar-refractivity contribution is 0.102. The number of nitrogens with one attached hydrogen (secondary N) is 1. The number of carbonyl (C=O) groups excluding carboxylic acids is 1. The molecule has 0 atom stereocenters. The zero-order chi connectivity index (χ0) is 14.7. The number of benzene rings is 2. The van der Waals surface area contributed by atoms with E-state index in [4.69, 9.17) is 4.74 Å². The maximum absolute atomic E-state index is 13.7. The van der Waals surface area contributed by atoms with E-state index in [9.17, 15) is 9.18 Å². The number of rotatable bonds is 3. The minimum Gasteiger partial charge on any atom is -0.496 e. The van der Waals surface area contributed by atoms with E-state index in [1.807, 2.05) is 0 Å². The lowest BCUT2D eigenvalue weighted by Gasteiger charge is -2.10. The van der Waals surface area contributed by atoms with Gasteiger partial charge in [0.1, 0.15) is 11.6 Å². The van der Waals surface area contributed by atoms with Crippen molar-refractivity contribution in [1.82, 2.24) is 0 Å². The molecule has 0 fully saturated rings. The van der Waals surface area contributed by atoms with Crippen LogP contribution in [0.4, 0.5) is 10.1 Å². The minimum absolute atomic E-state index is 0.144. The Labute approximate surface area is 124 Å². The average molecular weight is 338 g/mol. The number of hydrogen-bond donors (Lipinski definition) is 1. The number of hydrogen-bond acceptors (Lipinski definition) is 2. The minimum atomic E-state index is -0.463. The molecule has 0 aliphatic carbocycles. The van der Waals surface area contributed by atoms with E-state index in [0.29, 0.717) is 11.3 Å². The van der Waals surface area contributed by atoms with E-state index in [1.54, 1.807) is 31.2 Å². The molecular weight excluding hydrogens is 325 g/mol. The van der Waals surface area contributed by atoms with Crippen LogP contribution in [0.25, 0.3) is 0 Å². The number of carbonyl (C=O) groups is 1. The normalized spacial score (nSPS) is 10.2. The monoisotopic (exact) mass is 337 g/mol. The number of halogens is 2. The Morgan fingerprint density at radius 2 is 2.00 bits per heavy atom. The Morgan fingerprint density at radius 3 is 2.65 bits per heavy atom. The quantitative estimate of drug-likeness (QED) is 0.913. The summed E-state index contributed by atoms with van der Waals surface area (Å²) in [5, 5.41) is 2.54. The molecule has 0 aliphatic rings. The molecular formula is C15H13BrFNO2. The van der Waals surface area contributed by atoms with Crippen molar-refractivity contribution in [3.63, 3.8) is 0 Å². The standard InChI is InChI=1S/C15H13BrFNO2/c1-9-3-6-13(12(17)7-9)18-15(19)11-5-4-10(16)8-14(11)20-2/h3-8H,1-2H3,(H,18,19). The largest absolute Gasteiger partial charge is 0.496 e. The van der Waals surface area contributed by atoms with Crippen molar-refractivity contribution in [2.24, 2.45) is 0 Å². The summed E-state index contributed by atoms with van der Waals surface area (Å²) in [7, 11) is 1.48. The molecule has 0 unspecified atom stereocenters. The Morgan fingerprint density at radius 1 is 1.25 bits per heavy atom. The third kappa shape index (κ3) is 3.17. The smallest absolute Gasteiger partial charge is 0.259 e. The average Bonchev–Trinajstić information content (AvgIpc) is 2.41. The van der Waals surface area contributed by atoms with E-state index in [-0.39, 0.29) is 5.69 Å². The van der Waals surface area contributed by atoms with Crippen molar-refractivity contribution < 1.29 is 13.9 Å². The van der Waals surface area contributed by atoms with E-state index in [0.717, 1.165) is 10.0 Å². The molecule has 2 aromatic carbocycles. The van der Waals surface area contributed by atoms with Crippen molar-refractivity contribution in [3.8, 4) is 5.75 Å². The maximum Gasteiger partial charge on any atom is 0.259 e. The molecule has 0 aromatic heterocycles. The maximum atomic E-state index is 13.7. The topological polar surface area (TPSA) is 38.3 Å². The highest BCUT2D eigenvalue weighted by Crippen LogP contribution is 2.25. The first kappa shape index (κ1) is 14.5. The molecule has 1 N–H and O–H groups in total. The van der Waals surface area contributed by atoms with E-state index in [2.05, 4.69) is 21.2 Å². The summed E-state index contributed by atoms with van der Waals surface area (Å²) in [6.45, 7) is 1.78. The van der Waals surface area contributed by atoms with Gasteiger partial charge in [-0.15, -0.1) is 0 Å². The van der Waals surface area contributed by atoms with Gasteiger partial charge in [-0.1, -0.05) is 22.0 Å². The Balaban J connectivity index is 2.28. The van der Waals surface area contributed by atoms with Gasteiger partial charge in [-0.2, -0.15) is 0 Å². The van der Waals surface area contributed by atoms with Crippen LogP contribution in [0.3, 0.4) is 0 Å². The number of methoxy groups -OCH3 is 1. The molecule has 0 bridgehead atoms. The molecule has 2 aromatic rings. The van der Waals surface area contributed by atoms with E-state index < -0.39 is 11.7 Å². The highest BCUT2D eigenvalue weighted by molar-refractivity contribution is 9.10. The van der Waals surface area contributed by atoms with Gasteiger partial charge in [0.25, 0.3) is 5.91 Å². The molecule has 0 spiro atoms. The van der Waals surface area contributed by atoms with Crippen LogP contribution in [0.1, 0.15) is 15.9 Å². The predicted octanol–water partition coefficient (Wildman–Crippen LogP) is 4.16. The van der Waals surface area contributed by atoms with Gasteiger partial charge in [0, 0.05) is 4.47 Å². The molecule has 104 valence electrons. The predicted molar refractivity (Wildman–Crippen MR) is 79.8 cm³/mol. The molecule has 3 nitrogen and oxygen atoms in total. The van der Waals surface area contributed by atoms with Crippen molar-refractivity contribution in [1.29, 1.82) is 0 Å². The number of aryl methyl sites for hydroxylation is 1. The van der Waals surface area contributed by atoms with Gasteiger partial charge in [-0.3, -0.25) is 4.79 Å². The number of amides is 1. The van der Waals surface area contributed by atoms with Crippen LogP contribution in [0, 0.1) is 12.7 Å². The SMILES string of the molecule is COc1cc(Br)ccc1C(=O)Nc1ccc(C)cc1F. The summed E-state index contributed by atoms with van der Waals surface area (Å²) < 4.78 is 19.7. The van der Waals surface area contributed by atoms with Gasteiger partial charge in [0.2, 0.25) is 0 Å². The van der Waals surface area contributed by atoms with Gasteiger partial charge in [0.05, 0.1) is 18.4 Å². The first-order valence-corrected chi connectivity index (χ1v) is 6.71. The first-order chi connectivity index (χ1) is 9.51. The lowest BCUT2D eigenvalue weighted by Crippen LogP contribution is -2.14. The molecule has 2 rings (SSSR count). The van der Waals surface area contributed by atoms with Crippen molar-refractivity contribution in [3.05, 3.63) is 57.8 Å². The molecule has 0 saturated carbocycles. The van der Waals surface area contributed by atoms with Gasteiger partial charge in [-0.25, -0.2) is 4.39 Å². The second-order valence-corrected chi connectivity index (χ2v) is 5.20. The zero-order valence-electron chi connectivity index (χ0n) is 11.0. The summed E-state index contributed by atoms with van der Waals surface area (Å²) in [6, 6.07) is 9.66. The van der Waals surface area contributed by atoms with Crippen molar-refractivity contribution in [2.75, 3.05) is 12.4 Å². The van der Waals surface area contributed by atoms with Crippen LogP contribution >= 0.6 is 15.9 Å². The summed E-state index contributed by atoms with van der Waals surface area (Å²) in [5.74, 6) is -0.462. The zero-order valence-corrected chi connectivity index (χ0v) is 12.6. The fourth-order valence-corrected chi connectivity index (χ4v) is 2.10. The second kappa shape index (κ2) is 6.05. The van der Waals surface area contributed by atoms with Crippen molar-refractivity contribution >= 4 is 27.5 Å². The molecule has 5 heteroatoms. The Kier molecular flexibility index (Phi) is 4.39.